The van der Waals surface area contributed by atoms with E-state index in [4.69, 9.17) is 0 Å². The molecule has 0 saturated heterocycles. The molecule has 102 valence electrons. The molecule has 3 heteroatoms. The average Bonchev–Trinajstić information content (AvgIpc) is 2.48. The van der Waals surface area contributed by atoms with Crippen LogP contribution < -0.4 is 10.6 Å². The van der Waals surface area contributed by atoms with Crippen LogP contribution in [0.3, 0.4) is 0 Å². The number of benzene rings is 1. The van der Waals surface area contributed by atoms with Gasteiger partial charge < -0.3 is 10.6 Å². The number of amides is 1. The molecule has 1 heterocycles. The van der Waals surface area contributed by atoms with Crippen LogP contribution in [-0.2, 0) is 17.8 Å². The quantitative estimate of drug-likeness (QED) is 0.853. The predicted octanol–water partition coefficient (Wildman–Crippen LogP) is 2.15. The maximum atomic E-state index is 12.3. The second-order valence-corrected chi connectivity index (χ2v) is 5.75. The number of carbonyl (C=O) groups excluding carboxylic acids is 1. The second kappa shape index (κ2) is 5.74. The highest BCUT2D eigenvalue weighted by atomic mass is 16.2. The van der Waals surface area contributed by atoms with Gasteiger partial charge in [-0.3, -0.25) is 4.79 Å². The van der Waals surface area contributed by atoms with Crippen LogP contribution in [0.15, 0.2) is 24.3 Å². The molecule has 2 N–H and O–H groups in total. The predicted molar refractivity (Wildman–Crippen MR) is 75.8 cm³/mol. The molecule has 1 saturated carbocycles. The van der Waals surface area contributed by atoms with E-state index in [1.165, 1.54) is 30.4 Å². The number of nitrogens with one attached hydrogen (secondary N) is 2. The summed E-state index contributed by atoms with van der Waals surface area (Å²) in [5.41, 5.74) is 2.63. The molecule has 0 spiro atoms. The summed E-state index contributed by atoms with van der Waals surface area (Å²) in [4.78, 5) is 12.3. The Labute approximate surface area is 114 Å². The van der Waals surface area contributed by atoms with Gasteiger partial charge in [-0.15, -0.1) is 0 Å². The monoisotopic (exact) mass is 258 g/mol. The molecule has 3 nitrogen and oxygen atoms in total. The summed E-state index contributed by atoms with van der Waals surface area (Å²) in [6, 6.07) is 8.73. The summed E-state index contributed by atoms with van der Waals surface area (Å²) >= 11 is 0. The van der Waals surface area contributed by atoms with Crippen LogP contribution in [0, 0.1) is 0 Å². The van der Waals surface area contributed by atoms with Crippen molar-refractivity contribution in [1.82, 2.24) is 10.6 Å². The SMILES string of the molecule is O=C(NC1CCCCC1)[C@H]1Cc2ccccc2CN1. The number of hydrogen-bond acceptors (Lipinski definition) is 2. The van der Waals surface area contributed by atoms with Crippen LogP contribution in [-0.4, -0.2) is 18.0 Å². The van der Waals surface area contributed by atoms with Crippen LogP contribution >= 0.6 is 0 Å². The number of fused-ring (bicyclic) bond motifs is 1. The van der Waals surface area contributed by atoms with E-state index in [1.54, 1.807) is 0 Å². The molecule has 0 unspecified atom stereocenters. The lowest BCUT2D eigenvalue weighted by atomic mass is 9.93. The zero-order chi connectivity index (χ0) is 13.1. The van der Waals surface area contributed by atoms with Crippen molar-refractivity contribution in [2.24, 2.45) is 0 Å². The Morgan fingerprint density at radius 3 is 2.63 bits per heavy atom. The van der Waals surface area contributed by atoms with Crippen molar-refractivity contribution in [3.8, 4) is 0 Å². The number of carbonyl (C=O) groups is 1. The molecule has 1 aliphatic carbocycles. The van der Waals surface area contributed by atoms with Gasteiger partial charge >= 0.3 is 0 Å². The summed E-state index contributed by atoms with van der Waals surface area (Å²) in [5.74, 6) is 0.182. The fraction of sp³-hybridized carbons (Fsp3) is 0.562. The minimum absolute atomic E-state index is 0.0585. The number of hydrogen-bond donors (Lipinski definition) is 2. The summed E-state index contributed by atoms with van der Waals surface area (Å²) in [6.45, 7) is 0.804. The molecule has 19 heavy (non-hydrogen) atoms. The minimum atomic E-state index is -0.0585. The first-order valence-corrected chi connectivity index (χ1v) is 7.43. The smallest absolute Gasteiger partial charge is 0.237 e. The first-order chi connectivity index (χ1) is 9.33. The van der Waals surface area contributed by atoms with Gasteiger partial charge in [0.15, 0.2) is 0 Å². The molecular weight excluding hydrogens is 236 g/mol. The van der Waals surface area contributed by atoms with Crippen molar-refractivity contribution in [1.29, 1.82) is 0 Å². The Kier molecular flexibility index (Phi) is 3.83. The molecule has 3 rings (SSSR count). The van der Waals surface area contributed by atoms with Crippen molar-refractivity contribution in [2.45, 2.75) is 57.2 Å². The Balaban J connectivity index is 1.59. The van der Waals surface area contributed by atoms with E-state index < -0.39 is 0 Å². The normalized spacial score (nSPS) is 23.7. The van der Waals surface area contributed by atoms with Gasteiger partial charge in [-0.2, -0.15) is 0 Å². The van der Waals surface area contributed by atoms with Crippen molar-refractivity contribution < 1.29 is 4.79 Å². The van der Waals surface area contributed by atoms with E-state index >= 15 is 0 Å². The average molecular weight is 258 g/mol. The van der Waals surface area contributed by atoms with Crippen molar-refractivity contribution in [3.05, 3.63) is 35.4 Å². The third kappa shape index (κ3) is 2.98. The van der Waals surface area contributed by atoms with Crippen molar-refractivity contribution in [2.75, 3.05) is 0 Å². The van der Waals surface area contributed by atoms with Gasteiger partial charge in [-0.25, -0.2) is 0 Å². The van der Waals surface area contributed by atoms with Gasteiger partial charge in [0.05, 0.1) is 6.04 Å². The summed E-state index contributed by atoms with van der Waals surface area (Å²) < 4.78 is 0. The molecule has 1 aliphatic heterocycles. The number of rotatable bonds is 2. The van der Waals surface area contributed by atoms with Crippen LogP contribution in [0.5, 0.6) is 0 Å². The fourth-order valence-electron chi connectivity index (χ4n) is 3.19. The molecule has 1 aromatic carbocycles. The Morgan fingerprint density at radius 1 is 1.11 bits per heavy atom. The van der Waals surface area contributed by atoms with Crippen molar-refractivity contribution in [3.63, 3.8) is 0 Å². The van der Waals surface area contributed by atoms with Crippen LogP contribution in [0.25, 0.3) is 0 Å². The zero-order valence-electron chi connectivity index (χ0n) is 11.3. The molecule has 1 fully saturated rings. The van der Waals surface area contributed by atoms with Crippen molar-refractivity contribution >= 4 is 5.91 Å². The van der Waals surface area contributed by atoms with E-state index in [0.29, 0.717) is 6.04 Å². The third-order valence-corrected chi connectivity index (χ3v) is 4.35. The molecule has 0 aromatic heterocycles. The maximum absolute atomic E-state index is 12.3. The molecule has 0 radical (unpaired) electrons. The van der Waals surface area contributed by atoms with Crippen LogP contribution in [0.2, 0.25) is 0 Å². The standard InChI is InChI=1S/C16H22N2O/c19-16(18-14-8-2-1-3-9-14)15-10-12-6-4-5-7-13(12)11-17-15/h4-7,14-15,17H,1-3,8-11H2,(H,18,19)/t15-/m1/s1. The van der Waals surface area contributed by atoms with E-state index in [1.807, 2.05) is 0 Å². The topological polar surface area (TPSA) is 41.1 Å². The van der Waals surface area contributed by atoms with E-state index in [-0.39, 0.29) is 11.9 Å². The van der Waals surface area contributed by atoms with Gasteiger partial charge in [0.2, 0.25) is 5.91 Å². The lowest BCUT2D eigenvalue weighted by molar-refractivity contribution is -0.124. The molecule has 2 aliphatic rings. The highest BCUT2D eigenvalue weighted by Crippen LogP contribution is 2.19. The maximum Gasteiger partial charge on any atom is 0.237 e. The highest BCUT2D eigenvalue weighted by molar-refractivity contribution is 5.82. The fourth-order valence-corrected chi connectivity index (χ4v) is 3.19. The largest absolute Gasteiger partial charge is 0.352 e. The Morgan fingerprint density at radius 2 is 1.84 bits per heavy atom. The van der Waals surface area contributed by atoms with Crippen LogP contribution in [0.1, 0.15) is 43.2 Å². The minimum Gasteiger partial charge on any atom is -0.352 e. The lowest BCUT2D eigenvalue weighted by Gasteiger charge is -2.29. The van der Waals surface area contributed by atoms with Gasteiger partial charge in [-0.05, 0) is 30.4 Å². The molecular formula is C16H22N2O. The van der Waals surface area contributed by atoms with Gasteiger partial charge in [0.25, 0.3) is 0 Å². The molecule has 0 bridgehead atoms. The van der Waals surface area contributed by atoms with E-state index in [2.05, 4.69) is 34.9 Å². The summed E-state index contributed by atoms with van der Waals surface area (Å²) in [6.07, 6.45) is 6.94. The first-order valence-electron chi connectivity index (χ1n) is 7.43. The molecule has 1 aromatic rings. The Bertz CT molecular complexity index is 452. The lowest BCUT2D eigenvalue weighted by Crippen LogP contribution is -2.50. The van der Waals surface area contributed by atoms with Gasteiger partial charge in [0, 0.05) is 12.6 Å². The summed E-state index contributed by atoms with van der Waals surface area (Å²) in [5, 5.41) is 6.57. The van der Waals surface area contributed by atoms with E-state index in [0.717, 1.165) is 25.8 Å². The molecule has 1 amide bonds. The van der Waals surface area contributed by atoms with Crippen LogP contribution in [0.4, 0.5) is 0 Å². The highest BCUT2D eigenvalue weighted by Gasteiger charge is 2.25. The first kappa shape index (κ1) is 12.7. The molecule has 1 atom stereocenters. The zero-order valence-corrected chi connectivity index (χ0v) is 11.3. The van der Waals surface area contributed by atoms with Gasteiger partial charge in [-0.1, -0.05) is 43.5 Å². The Hall–Kier alpha value is -1.35. The van der Waals surface area contributed by atoms with Gasteiger partial charge in [0.1, 0.15) is 0 Å². The summed E-state index contributed by atoms with van der Waals surface area (Å²) in [7, 11) is 0. The third-order valence-electron chi connectivity index (χ3n) is 4.35. The second-order valence-electron chi connectivity index (χ2n) is 5.75. The van der Waals surface area contributed by atoms with E-state index in [9.17, 15) is 4.79 Å².